The van der Waals surface area contributed by atoms with Gasteiger partial charge in [0.05, 0.1) is 5.02 Å². The molecular formula is C24H19ClFN3O. The highest BCUT2D eigenvalue weighted by molar-refractivity contribution is 6.31. The van der Waals surface area contributed by atoms with E-state index in [0.717, 1.165) is 21.9 Å². The average Bonchev–Trinajstić information content (AvgIpc) is 2.75. The van der Waals surface area contributed by atoms with Crippen molar-refractivity contribution >= 4 is 34.1 Å². The van der Waals surface area contributed by atoms with E-state index in [1.165, 1.54) is 29.3 Å². The summed E-state index contributed by atoms with van der Waals surface area (Å²) in [7, 11) is 0. The van der Waals surface area contributed by atoms with Gasteiger partial charge in [0.25, 0.3) is 0 Å². The van der Waals surface area contributed by atoms with Crippen molar-refractivity contribution in [2.24, 2.45) is 0 Å². The van der Waals surface area contributed by atoms with Crippen LogP contribution in [0.4, 0.5) is 14.9 Å². The molecule has 0 saturated heterocycles. The Balaban J connectivity index is 1.56. The molecule has 0 spiro atoms. The number of rotatable bonds is 4. The van der Waals surface area contributed by atoms with Crippen LogP contribution in [0.3, 0.4) is 0 Å². The van der Waals surface area contributed by atoms with Gasteiger partial charge >= 0.3 is 6.03 Å². The zero-order valence-corrected chi connectivity index (χ0v) is 17.0. The van der Waals surface area contributed by atoms with Crippen LogP contribution >= 0.6 is 11.6 Å². The van der Waals surface area contributed by atoms with Crippen molar-refractivity contribution in [2.75, 3.05) is 5.32 Å². The van der Waals surface area contributed by atoms with Crippen LogP contribution in [0.5, 0.6) is 0 Å². The summed E-state index contributed by atoms with van der Waals surface area (Å²) in [5.41, 5.74) is 4.85. The van der Waals surface area contributed by atoms with E-state index in [2.05, 4.69) is 40.7 Å². The highest BCUT2D eigenvalue weighted by Crippen LogP contribution is 2.32. The molecule has 30 heavy (non-hydrogen) atoms. The molecule has 3 aromatic carbocycles. The van der Waals surface area contributed by atoms with Gasteiger partial charge in [0.1, 0.15) is 5.82 Å². The molecule has 2 amide bonds. The van der Waals surface area contributed by atoms with Crippen LogP contribution in [-0.4, -0.2) is 11.0 Å². The number of anilines is 1. The van der Waals surface area contributed by atoms with Gasteiger partial charge in [-0.2, -0.15) is 0 Å². The van der Waals surface area contributed by atoms with Crippen molar-refractivity contribution < 1.29 is 9.18 Å². The fraction of sp³-hybridized carbons (Fsp3) is 0.0833. The molecule has 1 heterocycles. The van der Waals surface area contributed by atoms with Crippen molar-refractivity contribution in [1.29, 1.82) is 0 Å². The second-order valence-electron chi connectivity index (χ2n) is 6.94. The number of pyridine rings is 1. The minimum atomic E-state index is -0.532. The smallest absolute Gasteiger partial charge is 0.319 e. The van der Waals surface area contributed by atoms with E-state index in [1.54, 1.807) is 6.20 Å². The first-order chi connectivity index (χ1) is 14.5. The molecule has 0 fully saturated rings. The van der Waals surface area contributed by atoms with Gasteiger partial charge in [0.2, 0.25) is 0 Å². The molecule has 4 aromatic rings. The van der Waals surface area contributed by atoms with Crippen molar-refractivity contribution in [3.8, 4) is 11.1 Å². The largest absolute Gasteiger partial charge is 0.334 e. The molecule has 0 saturated carbocycles. The van der Waals surface area contributed by atoms with Gasteiger partial charge in [-0.1, -0.05) is 48.0 Å². The number of benzene rings is 3. The van der Waals surface area contributed by atoms with E-state index in [1.807, 2.05) is 30.5 Å². The highest BCUT2D eigenvalue weighted by atomic mass is 35.5. The number of nitrogens with zero attached hydrogens (tertiary/aromatic N) is 1. The molecule has 0 radical (unpaired) electrons. The zero-order chi connectivity index (χ0) is 21.1. The molecule has 0 unspecified atom stereocenters. The van der Waals surface area contributed by atoms with E-state index >= 15 is 0 Å². The third kappa shape index (κ3) is 4.11. The van der Waals surface area contributed by atoms with Crippen LogP contribution in [0.2, 0.25) is 5.02 Å². The molecule has 0 aliphatic carbocycles. The van der Waals surface area contributed by atoms with E-state index in [4.69, 9.17) is 11.6 Å². The third-order valence-electron chi connectivity index (χ3n) is 4.96. The monoisotopic (exact) mass is 419 g/mol. The summed E-state index contributed by atoms with van der Waals surface area (Å²) in [5.74, 6) is -0.532. The highest BCUT2D eigenvalue weighted by Gasteiger charge is 2.11. The summed E-state index contributed by atoms with van der Waals surface area (Å²) in [4.78, 5) is 16.5. The summed E-state index contributed by atoms with van der Waals surface area (Å²) in [6.07, 6.45) is 3.58. The van der Waals surface area contributed by atoms with Gasteiger partial charge in [-0.25, -0.2) is 9.18 Å². The first-order valence-corrected chi connectivity index (χ1v) is 9.82. The molecule has 4 nitrogen and oxygen atoms in total. The third-order valence-corrected chi connectivity index (χ3v) is 5.25. The zero-order valence-electron chi connectivity index (χ0n) is 16.2. The second kappa shape index (κ2) is 8.51. The molecule has 4 rings (SSSR count). The molecule has 0 aliphatic heterocycles. The second-order valence-corrected chi connectivity index (χ2v) is 7.35. The molecule has 1 aromatic heterocycles. The van der Waals surface area contributed by atoms with Crippen molar-refractivity contribution in [1.82, 2.24) is 10.3 Å². The Morgan fingerprint density at radius 3 is 2.67 bits per heavy atom. The van der Waals surface area contributed by atoms with Gasteiger partial charge in [-0.3, -0.25) is 4.98 Å². The topological polar surface area (TPSA) is 54.0 Å². The van der Waals surface area contributed by atoms with Crippen molar-refractivity contribution in [3.63, 3.8) is 0 Å². The van der Waals surface area contributed by atoms with Crippen molar-refractivity contribution in [2.45, 2.75) is 13.5 Å². The first kappa shape index (κ1) is 19.9. The quantitative estimate of drug-likeness (QED) is 0.406. The van der Waals surface area contributed by atoms with E-state index < -0.39 is 11.8 Å². The SMILES string of the molecule is Cc1ccccc1-c1ccc(CNC(=O)Nc2ccc(F)c(Cl)c2)c2cnccc12. The molecule has 6 heteroatoms. The lowest BCUT2D eigenvalue weighted by Gasteiger charge is -2.14. The maximum absolute atomic E-state index is 13.3. The number of hydrogen-bond acceptors (Lipinski definition) is 2. The maximum Gasteiger partial charge on any atom is 0.319 e. The lowest BCUT2D eigenvalue weighted by molar-refractivity contribution is 0.252. The first-order valence-electron chi connectivity index (χ1n) is 9.44. The molecule has 150 valence electrons. The Labute approximate surface area is 178 Å². The Hall–Kier alpha value is -3.44. The van der Waals surface area contributed by atoms with Crippen LogP contribution in [0.1, 0.15) is 11.1 Å². The predicted octanol–water partition coefficient (Wildman–Crippen LogP) is 6.32. The molecular weight excluding hydrogens is 401 g/mol. The normalized spacial score (nSPS) is 10.8. The standard InChI is InChI=1S/C24H19ClFN3O/c1-15-4-2-3-5-18(15)19-8-6-16(21-14-27-11-10-20(19)21)13-28-24(30)29-17-7-9-23(26)22(25)12-17/h2-12,14H,13H2,1H3,(H2,28,29,30). The summed E-state index contributed by atoms with van der Waals surface area (Å²) in [6.45, 7) is 2.40. The number of nitrogens with one attached hydrogen (secondary N) is 2. The van der Waals surface area contributed by atoms with Gasteiger partial charge in [-0.15, -0.1) is 0 Å². The van der Waals surface area contributed by atoms with E-state index in [0.29, 0.717) is 12.2 Å². The van der Waals surface area contributed by atoms with Crippen LogP contribution in [0, 0.1) is 12.7 Å². The number of fused-ring (bicyclic) bond motifs is 1. The lowest BCUT2D eigenvalue weighted by atomic mass is 9.94. The number of hydrogen-bond donors (Lipinski definition) is 2. The predicted molar refractivity (Wildman–Crippen MR) is 119 cm³/mol. The minimum absolute atomic E-state index is 0.0448. The summed E-state index contributed by atoms with van der Waals surface area (Å²) in [5, 5.41) is 7.49. The Morgan fingerprint density at radius 2 is 1.87 bits per heavy atom. The van der Waals surface area contributed by atoms with Gasteiger partial charge in [0, 0.05) is 30.0 Å². The molecule has 2 N–H and O–H groups in total. The van der Waals surface area contributed by atoms with Crippen molar-refractivity contribution in [3.05, 3.63) is 95.0 Å². The minimum Gasteiger partial charge on any atom is -0.334 e. The number of carbonyl (C=O) groups is 1. The molecule has 0 bridgehead atoms. The average molecular weight is 420 g/mol. The fourth-order valence-corrected chi connectivity index (χ4v) is 3.62. The van der Waals surface area contributed by atoms with E-state index in [9.17, 15) is 9.18 Å². The number of urea groups is 1. The van der Waals surface area contributed by atoms with Crippen LogP contribution < -0.4 is 10.6 Å². The van der Waals surface area contributed by atoms with Gasteiger partial charge < -0.3 is 10.6 Å². The summed E-state index contributed by atoms with van der Waals surface area (Å²) < 4.78 is 13.3. The van der Waals surface area contributed by atoms with Gasteiger partial charge in [0.15, 0.2) is 0 Å². The Morgan fingerprint density at radius 1 is 1.03 bits per heavy atom. The molecule has 0 aliphatic rings. The van der Waals surface area contributed by atoms with E-state index in [-0.39, 0.29) is 5.02 Å². The number of aryl methyl sites for hydroxylation is 1. The van der Waals surface area contributed by atoms with Crippen LogP contribution in [-0.2, 0) is 6.54 Å². The Kier molecular flexibility index (Phi) is 5.63. The van der Waals surface area contributed by atoms with Gasteiger partial charge in [-0.05, 0) is 58.8 Å². The fourth-order valence-electron chi connectivity index (χ4n) is 3.44. The summed E-state index contributed by atoms with van der Waals surface area (Å²) >= 11 is 5.76. The number of carbonyl (C=O) groups excluding carboxylic acids is 1. The summed E-state index contributed by atoms with van der Waals surface area (Å²) in [6, 6.07) is 17.9. The number of halogens is 2. The number of aromatic nitrogens is 1. The lowest BCUT2D eigenvalue weighted by Crippen LogP contribution is -2.28. The van der Waals surface area contributed by atoms with Crippen LogP contribution in [0.25, 0.3) is 21.9 Å². The maximum atomic E-state index is 13.3. The number of amides is 2. The Bertz CT molecular complexity index is 1240. The molecule has 0 atom stereocenters. The van der Waals surface area contributed by atoms with Crippen LogP contribution in [0.15, 0.2) is 73.1 Å².